The Bertz CT molecular complexity index is 459. The van der Waals surface area contributed by atoms with Crippen LogP contribution in [0.5, 0.6) is 0 Å². The van der Waals surface area contributed by atoms with Gasteiger partial charge < -0.3 is 15.4 Å². The molecule has 0 fully saturated rings. The molecule has 0 aliphatic carbocycles. The highest BCUT2D eigenvalue weighted by molar-refractivity contribution is 5.76. The number of hydrogen-bond donors (Lipinski definition) is 1. The molecule has 4 nitrogen and oxygen atoms in total. The lowest BCUT2D eigenvalue weighted by molar-refractivity contribution is -0.133. The molecule has 2 rings (SSSR count). The Hall–Kier alpha value is -1.55. The molecule has 0 aromatic heterocycles. The summed E-state index contributed by atoms with van der Waals surface area (Å²) in [5, 5.41) is 0. The Morgan fingerprint density at radius 2 is 2.26 bits per heavy atom. The summed E-state index contributed by atoms with van der Waals surface area (Å²) in [4.78, 5) is 14.1. The summed E-state index contributed by atoms with van der Waals surface area (Å²) >= 11 is 0. The van der Waals surface area contributed by atoms with Crippen LogP contribution in [0.25, 0.3) is 0 Å². The van der Waals surface area contributed by atoms with Gasteiger partial charge in [0.05, 0.1) is 0 Å². The number of methoxy groups -OCH3 is 1. The van der Waals surface area contributed by atoms with Crippen LogP contribution in [0.3, 0.4) is 0 Å². The molecule has 1 aliphatic rings. The van der Waals surface area contributed by atoms with Gasteiger partial charge in [0.2, 0.25) is 5.91 Å². The van der Waals surface area contributed by atoms with E-state index in [9.17, 15) is 4.79 Å². The van der Waals surface area contributed by atoms with Crippen molar-refractivity contribution in [2.75, 3.05) is 26.0 Å². The average Bonchev–Trinajstić information content (AvgIpc) is 2.38. The molecule has 0 saturated carbocycles. The fourth-order valence-corrected chi connectivity index (χ4v) is 2.56. The lowest BCUT2D eigenvalue weighted by Gasteiger charge is -2.30. The van der Waals surface area contributed by atoms with Crippen LogP contribution in [0.2, 0.25) is 0 Å². The maximum absolute atomic E-state index is 12.2. The molecule has 4 heteroatoms. The van der Waals surface area contributed by atoms with E-state index >= 15 is 0 Å². The van der Waals surface area contributed by atoms with E-state index in [4.69, 9.17) is 10.5 Å². The van der Waals surface area contributed by atoms with Gasteiger partial charge in [0.1, 0.15) is 0 Å². The van der Waals surface area contributed by atoms with E-state index in [2.05, 4.69) is 6.07 Å². The van der Waals surface area contributed by atoms with Gasteiger partial charge >= 0.3 is 0 Å². The minimum atomic E-state index is 0.206. The van der Waals surface area contributed by atoms with Gasteiger partial charge in [-0.3, -0.25) is 4.79 Å². The zero-order valence-electron chi connectivity index (χ0n) is 11.7. The van der Waals surface area contributed by atoms with E-state index in [0.29, 0.717) is 19.6 Å². The number of fused-ring (bicyclic) bond motifs is 1. The molecule has 0 saturated heterocycles. The number of nitrogens with two attached hydrogens (primary N) is 1. The predicted molar refractivity (Wildman–Crippen MR) is 75.6 cm³/mol. The fraction of sp³-hybridized carbons (Fsp3) is 0.533. The number of hydrogen-bond acceptors (Lipinski definition) is 3. The summed E-state index contributed by atoms with van der Waals surface area (Å²) in [5.41, 5.74) is 9.06. The molecule has 104 valence electrons. The highest BCUT2D eigenvalue weighted by atomic mass is 16.5. The third-order valence-electron chi connectivity index (χ3n) is 3.57. The fourth-order valence-electron chi connectivity index (χ4n) is 2.56. The van der Waals surface area contributed by atoms with Gasteiger partial charge in [-0.15, -0.1) is 0 Å². The Morgan fingerprint density at radius 3 is 3.00 bits per heavy atom. The first kappa shape index (κ1) is 13.9. The van der Waals surface area contributed by atoms with E-state index in [1.54, 1.807) is 7.11 Å². The van der Waals surface area contributed by atoms with Crippen molar-refractivity contribution in [1.29, 1.82) is 0 Å². The number of nitrogen functional groups attached to an aromatic ring is 1. The molecule has 19 heavy (non-hydrogen) atoms. The van der Waals surface area contributed by atoms with Gasteiger partial charge in [0, 0.05) is 38.9 Å². The van der Waals surface area contributed by atoms with E-state index in [0.717, 1.165) is 18.7 Å². The number of anilines is 1. The van der Waals surface area contributed by atoms with Gasteiger partial charge in [-0.05, 0) is 35.6 Å². The standard InChI is InChI=1S/C15H22N2O2/c1-11(10-19-2)7-15(18)17-6-5-12-3-4-14(16)8-13(12)9-17/h3-4,8,11H,5-7,9-10,16H2,1-2H3. The van der Waals surface area contributed by atoms with Crippen molar-refractivity contribution < 1.29 is 9.53 Å². The molecule has 1 atom stereocenters. The monoisotopic (exact) mass is 262 g/mol. The number of amides is 1. The third kappa shape index (κ3) is 3.47. The van der Waals surface area contributed by atoms with Crippen molar-refractivity contribution in [2.24, 2.45) is 5.92 Å². The maximum atomic E-state index is 12.2. The zero-order chi connectivity index (χ0) is 13.8. The summed E-state index contributed by atoms with van der Waals surface area (Å²) in [6.07, 6.45) is 1.46. The highest BCUT2D eigenvalue weighted by Gasteiger charge is 2.21. The molecule has 1 heterocycles. The third-order valence-corrected chi connectivity index (χ3v) is 3.57. The van der Waals surface area contributed by atoms with Crippen molar-refractivity contribution in [1.82, 2.24) is 4.90 Å². The van der Waals surface area contributed by atoms with Crippen molar-refractivity contribution in [3.63, 3.8) is 0 Å². The second kappa shape index (κ2) is 6.06. The predicted octanol–water partition coefficient (Wildman–Crippen LogP) is 1.83. The van der Waals surface area contributed by atoms with E-state index in [1.807, 2.05) is 24.0 Å². The molecule has 1 aliphatic heterocycles. The second-order valence-electron chi connectivity index (χ2n) is 5.36. The highest BCUT2D eigenvalue weighted by Crippen LogP contribution is 2.22. The Morgan fingerprint density at radius 1 is 1.47 bits per heavy atom. The molecular formula is C15H22N2O2. The second-order valence-corrected chi connectivity index (χ2v) is 5.36. The number of nitrogens with zero attached hydrogens (tertiary/aromatic N) is 1. The number of ether oxygens (including phenoxy) is 1. The average molecular weight is 262 g/mol. The van der Waals surface area contributed by atoms with E-state index in [1.165, 1.54) is 11.1 Å². The summed E-state index contributed by atoms with van der Waals surface area (Å²) in [6.45, 7) is 4.15. The van der Waals surface area contributed by atoms with Crippen LogP contribution >= 0.6 is 0 Å². The van der Waals surface area contributed by atoms with Gasteiger partial charge in [0.25, 0.3) is 0 Å². The quantitative estimate of drug-likeness (QED) is 0.842. The molecule has 1 amide bonds. The number of benzene rings is 1. The van der Waals surface area contributed by atoms with Crippen LogP contribution in [-0.2, 0) is 22.5 Å². The smallest absolute Gasteiger partial charge is 0.223 e. The van der Waals surface area contributed by atoms with Crippen LogP contribution in [-0.4, -0.2) is 31.1 Å². The number of carbonyl (C=O) groups excluding carboxylic acids is 1. The Kier molecular flexibility index (Phi) is 4.43. The van der Waals surface area contributed by atoms with Gasteiger partial charge in [-0.2, -0.15) is 0 Å². The molecule has 1 aromatic rings. The van der Waals surface area contributed by atoms with Crippen LogP contribution in [0.4, 0.5) is 5.69 Å². The molecule has 0 spiro atoms. The number of carbonyl (C=O) groups is 1. The summed E-state index contributed by atoms with van der Waals surface area (Å²) in [6, 6.07) is 5.98. The van der Waals surface area contributed by atoms with Crippen molar-refractivity contribution in [3.05, 3.63) is 29.3 Å². The van der Waals surface area contributed by atoms with Crippen molar-refractivity contribution >= 4 is 11.6 Å². The minimum absolute atomic E-state index is 0.206. The van der Waals surface area contributed by atoms with Gasteiger partial charge in [0.15, 0.2) is 0 Å². The zero-order valence-corrected chi connectivity index (χ0v) is 11.7. The minimum Gasteiger partial charge on any atom is -0.399 e. The number of rotatable bonds is 4. The first-order chi connectivity index (χ1) is 9.10. The largest absolute Gasteiger partial charge is 0.399 e. The molecule has 1 aromatic carbocycles. The van der Waals surface area contributed by atoms with Gasteiger partial charge in [-0.25, -0.2) is 0 Å². The molecule has 0 radical (unpaired) electrons. The maximum Gasteiger partial charge on any atom is 0.223 e. The van der Waals surface area contributed by atoms with Crippen LogP contribution in [0.15, 0.2) is 18.2 Å². The van der Waals surface area contributed by atoms with Crippen molar-refractivity contribution in [3.8, 4) is 0 Å². The van der Waals surface area contributed by atoms with Crippen LogP contribution in [0.1, 0.15) is 24.5 Å². The van der Waals surface area contributed by atoms with Crippen LogP contribution in [0, 0.1) is 5.92 Å². The summed E-state index contributed by atoms with van der Waals surface area (Å²) in [7, 11) is 1.67. The molecule has 1 unspecified atom stereocenters. The van der Waals surface area contributed by atoms with Crippen molar-refractivity contribution in [2.45, 2.75) is 26.3 Å². The van der Waals surface area contributed by atoms with E-state index < -0.39 is 0 Å². The summed E-state index contributed by atoms with van der Waals surface area (Å²) in [5.74, 6) is 0.470. The molecular weight excluding hydrogens is 240 g/mol. The van der Waals surface area contributed by atoms with E-state index in [-0.39, 0.29) is 11.8 Å². The van der Waals surface area contributed by atoms with Crippen LogP contribution < -0.4 is 5.73 Å². The normalized spacial score (nSPS) is 16.0. The molecule has 2 N–H and O–H groups in total. The summed E-state index contributed by atoms with van der Waals surface area (Å²) < 4.78 is 5.08. The topological polar surface area (TPSA) is 55.6 Å². The lowest BCUT2D eigenvalue weighted by atomic mass is 9.98. The lowest BCUT2D eigenvalue weighted by Crippen LogP contribution is -2.37. The SMILES string of the molecule is COCC(C)CC(=O)N1CCc2ccc(N)cc2C1. The first-order valence-corrected chi connectivity index (χ1v) is 6.74. The first-order valence-electron chi connectivity index (χ1n) is 6.74. The Labute approximate surface area is 114 Å². The van der Waals surface area contributed by atoms with Gasteiger partial charge in [-0.1, -0.05) is 13.0 Å². The molecule has 0 bridgehead atoms. The Balaban J connectivity index is 1.99.